The Morgan fingerprint density at radius 2 is 1.30 bits per heavy atom. The first-order chi connectivity index (χ1) is 14.7. The molecule has 146 valence electrons. The second kappa shape index (κ2) is 6.95. The second-order valence-corrected chi connectivity index (χ2v) is 8.61. The van der Waals surface area contributed by atoms with Gasteiger partial charge in [0.2, 0.25) is 0 Å². The van der Waals surface area contributed by atoms with Crippen molar-refractivity contribution in [1.29, 1.82) is 0 Å². The minimum atomic E-state index is -0.0614. The Morgan fingerprint density at radius 1 is 0.633 bits per heavy atom. The van der Waals surface area contributed by atoms with Crippen LogP contribution in [0.1, 0.15) is 28.9 Å². The third-order valence-electron chi connectivity index (χ3n) is 6.15. The van der Waals surface area contributed by atoms with E-state index in [1.54, 1.807) is 0 Å². The van der Waals surface area contributed by atoms with Crippen LogP contribution in [0.15, 0.2) is 96.0 Å². The average molecular weight is 429 g/mol. The molecule has 2 nitrogen and oxygen atoms in total. The van der Waals surface area contributed by atoms with E-state index < -0.39 is 0 Å². The lowest BCUT2D eigenvalue weighted by molar-refractivity contribution is 0.406. The molecule has 0 bridgehead atoms. The highest BCUT2D eigenvalue weighted by molar-refractivity contribution is 6.35. The van der Waals surface area contributed by atoms with Gasteiger partial charge in [0, 0.05) is 15.6 Å². The highest BCUT2D eigenvalue weighted by Gasteiger charge is 2.60. The van der Waals surface area contributed by atoms with E-state index in [1.165, 1.54) is 16.3 Å². The summed E-state index contributed by atoms with van der Waals surface area (Å²) in [6.07, 6.45) is -0.0614. The van der Waals surface area contributed by atoms with Gasteiger partial charge in [0.25, 0.3) is 0 Å². The molecule has 0 amide bonds. The molecule has 0 N–H and O–H groups in total. The second-order valence-electron chi connectivity index (χ2n) is 7.79. The van der Waals surface area contributed by atoms with Gasteiger partial charge in [-0.15, -0.1) is 0 Å². The molecule has 6 rings (SSSR count). The van der Waals surface area contributed by atoms with Crippen LogP contribution in [0.4, 0.5) is 0 Å². The lowest BCUT2D eigenvalue weighted by atomic mass is 10.00. The van der Waals surface area contributed by atoms with E-state index in [-0.39, 0.29) is 18.2 Å². The van der Waals surface area contributed by atoms with Crippen LogP contribution in [-0.4, -0.2) is 16.7 Å². The lowest BCUT2D eigenvalue weighted by Crippen LogP contribution is -2.09. The summed E-state index contributed by atoms with van der Waals surface area (Å²) in [4.78, 5) is 7.64. The van der Waals surface area contributed by atoms with Crippen molar-refractivity contribution in [3.63, 3.8) is 0 Å². The molecule has 2 heterocycles. The highest BCUT2D eigenvalue weighted by Crippen LogP contribution is 2.57. The third kappa shape index (κ3) is 2.72. The van der Waals surface area contributed by atoms with Crippen LogP contribution in [0.3, 0.4) is 0 Å². The van der Waals surface area contributed by atoms with E-state index in [0.717, 1.165) is 26.9 Å². The van der Waals surface area contributed by atoms with Gasteiger partial charge in [-0.05, 0) is 34.0 Å². The van der Waals surface area contributed by atoms with E-state index >= 15 is 0 Å². The van der Waals surface area contributed by atoms with Crippen LogP contribution < -0.4 is 0 Å². The topological polar surface area (TPSA) is 15.4 Å². The molecule has 4 unspecified atom stereocenters. The molecule has 2 aliphatic heterocycles. The van der Waals surface area contributed by atoms with Crippen LogP contribution in [0.25, 0.3) is 10.8 Å². The van der Waals surface area contributed by atoms with Crippen LogP contribution in [-0.2, 0) is 0 Å². The molecule has 1 saturated heterocycles. The number of nitrogens with zero attached hydrogens (tertiary/aromatic N) is 2. The first-order valence-electron chi connectivity index (χ1n) is 10.1. The van der Waals surface area contributed by atoms with Gasteiger partial charge in [-0.25, -0.2) is 0 Å². The van der Waals surface area contributed by atoms with E-state index in [9.17, 15) is 0 Å². The van der Waals surface area contributed by atoms with Crippen molar-refractivity contribution >= 4 is 39.7 Å². The normalized spacial score (nSPS) is 24.5. The summed E-state index contributed by atoms with van der Waals surface area (Å²) >= 11 is 13.2. The number of halogens is 2. The number of rotatable bonds is 3. The van der Waals surface area contributed by atoms with Crippen LogP contribution in [0.5, 0.6) is 0 Å². The molecule has 30 heavy (non-hydrogen) atoms. The van der Waals surface area contributed by atoms with Crippen molar-refractivity contribution in [2.24, 2.45) is 4.99 Å². The summed E-state index contributed by atoms with van der Waals surface area (Å²) in [6.45, 7) is 0. The number of benzene rings is 4. The minimum absolute atomic E-state index is 0.0614. The van der Waals surface area contributed by atoms with Crippen molar-refractivity contribution in [3.8, 4) is 0 Å². The van der Waals surface area contributed by atoms with Gasteiger partial charge in [0.1, 0.15) is 6.17 Å². The minimum Gasteiger partial charge on any atom is -0.263 e. The summed E-state index contributed by atoms with van der Waals surface area (Å²) in [5.74, 6) is 0. The fourth-order valence-electron chi connectivity index (χ4n) is 4.77. The van der Waals surface area contributed by atoms with Crippen LogP contribution in [0, 0.1) is 0 Å². The standard InChI is InChI=1S/C26H18Cl2N2/c27-21-14-5-3-11-19(21)23-25-24(20-12-4-6-15-22(20)28)30(25)26(29-23)18-13-7-9-16-8-1-2-10-17(16)18/h1-15,24-26H. The molecule has 4 aromatic carbocycles. The Labute approximate surface area is 185 Å². The molecule has 0 spiro atoms. The summed E-state index contributed by atoms with van der Waals surface area (Å²) in [6, 6.07) is 31.4. The zero-order valence-electron chi connectivity index (χ0n) is 16.0. The first-order valence-corrected chi connectivity index (χ1v) is 10.8. The van der Waals surface area contributed by atoms with E-state index in [2.05, 4.69) is 65.6 Å². The van der Waals surface area contributed by atoms with Crippen LogP contribution >= 0.6 is 23.2 Å². The Balaban J connectivity index is 1.53. The molecule has 0 radical (unpaired) electrons. The van der Waals surface area contributed by atoms with E-state index in [0.29, 0.717) is 0 Å². The van der Waals surface area contributed by atoms with Gasteiger partial charge in [-0.2, -0.15) is 0 Å². The fraction of sp³-hybridized carbons (Fsp3) is 0.115. The molecule has 4 heteroatoms. The van der Waals surface area contributed by atoms with Crippen molar-refractivity contribution in [1.82, 2.24) is 4.90 Å². The SMILES string of the molecule is Clc1ccccc1C1=NC(c2cccc3ccccc23)N2C1C2c1ccccc1Cl. The maximum atomic E-state index is 6.59. The molecule has 4 atom stereocenters. The Bertz CT molecular complexity index is 1310. The van der Waals surface area contributed by atoms with Gasteiger partial charge in [0.05, 0.1) is 17.8 Å². The van der Waals surface area contributed by atoms with Gasteiger partial charge < -0.3 is 0 Å². The van der Waals surface area contributed by atoms with Crippen molar-refractivity contribution < 1.29 is 0 Å². The van der Waals surface area contributed by atoms with Gasteiger partial charge >= 0.3 is 0 Å². The monoisotopic (exact) mass is 428 g/mol. The number of hydrogen-bond donors (Lipinski definition) is 0. The molecule has 0 saturated carbocycles. The van der Waals surface area contributed by atoms with Gasteiger partial charge in [-0.1, -0.05) is 102 Å². The quantitative estimate of drug-likeness (QED) is 0.318. The van der Waals surface area contributed by atoms with Gasteiger partial charge in [-0.3, -0.25) is 9.89 Å². The summed E-state index contributed by atoms with van der Waals surface area (Å²) in [5.41, 5.74) is 4.42. The van der Waals surface area contributed by atoms with Crippen LogP contribution in [0.2, 0.25) is 10.0 Å². The molecule has 0 aliphatic carbocycles. The Hall–Kier alpha value is -2.65. The maximum Gasteiger partial charge on any atom is 0.130 e. The summed E-state index contributed by atoms with van der Waals surface area (Å²) in [7, 11) is 0. The summed E-state index contributed by atoms with van der Waals surface area (Å²) in [5, 5.41) is 3.99. The molecule has 4 aromatic rings. The fourth-order valence-corrected chi connectivity index (χ4v) is 5.25. The zero-order chi connectivity index (χ0) is 20.2. The molecule has 2 aliphatic rings. The lowest BCUT2D eigenvalue weighted by Gasteiger charge is -2.17. The molecular weight excluding hydrogens is 411 g/mol. The van der Waals surface area contributed by atoms with Gasteiger partial charge in [0.15, 0.2) is 0 Å². The predicted octanol–water partition coefficient (Wildman–Crippen LogP) is 7.07. The molecule has 1 fully saturated rings. The smallest absolute Gasteiger partial charge is 0.130 e. The predicted molar refractivity (Wildman–Crippen MR) is 124 cm³/mol. The largest absolute Gasteiger partial charge is 0.263 e. The zero-order valence-corrected chi connectivity index (χ0v) is 17.6. The molecule has 0 aromatic heterocycles. The highest BCUT2D eigenvalue weighted by atomic mass is 35.5. The van der Waals surface area contributed by atoms with Crippen molar-refractivity contribution in [3.05, 3.63) is 118 Å². The maximum absolute atomic E-state index is 6.59. The third-order valence-corrected chi connectivity index (χ3v) is 6.82. The van der Waals surface area contributed by atoms with E-state index in [1.807, 2.05) is 30.3 Å². The number of fused-ring (bicyclic) bond motifs is 2. The first kappa shape index (κ1) is 18.1. The van der Waals surface area contributed by atoms with Crippen molar-refractivity contribution in [2.75, 3.05) is 0 Å². The van der Waals surface area contributed by atoms with Crippen molar-refractivity contribution in [2.45, 2.75) is 18.2 Å². The molecular formula is C26H18Cl2N2. The number of hydrogen-bond acceptors (Lipinski definition) is 2. The summed E-state index contributed by atoms with van der Waals surface area (Å²) < 4.78 is 0. The Morgan fingerprint density at radius 3 is 2.13 bits per heavy atom. The number of aliphatic imine (C=N–C) groups is 1. The van der Waals surface area contributed by atoms with E-state index in [4.69, 9.17) is 28.2 Å². The average Bonchev–Trinajstić information content (AvgIpc) is 3.38. The Kier molecular flexibility index (Phi) is 4.21.